The van der Waals surface area contributed by atoms with Crippen LogP contribution in [0.25, 0.3) is 11.2 Å². The van der Waals surface area contributed by atoms with Gasteiger partial charge in [-0.3, -0.25) is 0 Å². The van der Waals surface area contributed by atoms with Crippen LogP contribution in [0.5, 0.6) is 0 Å². The fourth-order valence-electron chi connectivity index (χ4n) is 1.79. The maximum Gasteiger partial charge on any atom is 0.443 e. The van der Waals surface area contributed by atoms with Crippen molar-refractivity contribution in [2.24, 2.45) is 0 Å². The van der Waals surface area contributed by atoms with Crippen molar-refractivity contribution >= 4 is 44.8 Å². The minimum Gasteiger partial charge on any atom is -0.344 e. The first-order valence-corrected chi connectivity index (χ1v) is 7.12. The first-order chi connectivity index (χ1) is 10.3. The van der Waals surface area contributed by atoms with E-state index in [0.717, 1.165) is 6.20 Å². The summed E-state index contributed by atoms with van der Waals surface area (Å²) in [5, 5.41) is 2.39. The molecule has 3 aromatic heterocycles. The van der Waals surface area contributed by atoms with E-state index in [1.807, 2.05) is 0 Å². The van der Waals surface area contributed by atoms with Gasteiger partial charge in [0.2, 0.25) is 0 Å². The first-order valence-electron chi connectivity index (χ1n) is 5.93. The van der Waals surface area contributed by atoms with Crippen LogP contribution in [0.1, 0.15) is 10.7 Å². The van der Waals surface area contributed by atoms with Crippen LogP contribution in [0.15, 0.2) is 18.5 Å². The normalized spacial score (nSPS) is 11.9. The Bertz CT molecular complexity index is 843. The molecule has 114 valence electrons. The van der Waals surface area contributed by atoms with Gasteiger partial charge in [0, 0.05) is 5.69 Å². The van der Waals surface area contributed by atoms with Gasteiger partial charge in [0.15, 0.2) is 10.7 Å². The predicted octanol–water partition coefficient (Wildman–Crippen LogP) is 4.21. The van der Waals surface area contributed by atoms with Gasteiger partial charge in [0.25, 0.3) is 0 Å². The quantitative estimate of drug-likeness (QED) is 0.754. The molecule has 0 aliphatic carbocycles. The van der Waals surface area contributed by atoms with Crippen molar-refractivity contribution < 1.29 is 13.2 Å². The number of nitrogens with one attached hydrogen (secondary N) is 1. The third-order valence-electron chi connectivity index (χ3n) is 2.62. The second kappa shape index (κ2) is 5.33. The Labute approximate surface area is 131 Å². The number of aromatic nitrogens is 4. The van der Waals surface area contributed by atoms with Crippen LogP contribution < -0.4 is 5.32 Å². The molecular weight excluding hydrogens is 339 g/mol. The molecule has 0 saturated heterocycles. The lowest BCUT2D eigenvalue weighted by molar-refractivity contribution is -0.137. The smallest absolute Gasteiger partial charge is 0.344 e. The Balaban J connectivity index is 2.02. The summed E-state index contributed by atoms with van der Waals surface area (Å²) in [6.07, 6.45) is -1.99. The molecule has 0 aromatic carbocycles. The number of halogens is 4. The molecule has 0 bridgehead atoms. The topological polar surface area (TPSA) is 63.6 Å². The lowest BCUT2D eigenvalue weighted by atomic mass is 10.3. The van der Waals surface area contributed by atoms with Crippen molar-refractivity contribution in [1.82, 2.24) is 19.9 Å². The molecule has 0 atom stereocenters. The monoisotopic (exact) mass is 345 g/mol. The summed E-state index contributed by atoms with van der Waals surface area (Å²) >= 11 is 6.28. The highest BCUT2D eigenvalue weighted by Gasteiger charge is 2.34. The molecule has 0 unspecified atom stereocenters. The number of hydrogen-bond acceptors (Lipinski definition) is 6. The van der Waals surface area contributed by atoms with Crippen molar-refractivity contribution in [3.8, 4) is 0 Å². The number of thiazole rings is 1. The minimum atomic E-state index is -4.46. The van der Waals surface area contributed by atoms with Gasteiger partial charge in [-0.2, -0.15) is 13.2 Å². The van der Waals surface area contributed by atoms with Gasteiger partial charge in [-0.05, 0) is 13.0 Å². The Morgan fingerprint density at radius 2 is 1.95 bits per heavy atom. The zero-order valence-electron chi connectivity index (χ0n) is 10.9. The molecule has 0 amide bonds. The standard InChI is InChI=1S/C12H7ClF3N5S/c1-5-2-6(9-10(19-5)21-7(13)3-17-9)20-8-4-18-11(22-8)12(14,15)16/h2-4H,1H3,(H,19,20,21). The lowest BCUT2D eigenvalue weighted by Crippen LogP contribution is -2.02. The molecule has 0 saturated carbocycles. The molecule has 3 rings (SSSR count). The van der Waals surface area contributed by atoms with Gasteiger partial charge in [-0.25, -0.2) is 19.9 Å². The lowest BCUT2D eigenvalue weighted by Gasteiger charge is -2.07. The largest absolute Gasteiger partial charge is 0.443 e. The number of rotatable bonds is 2. The van der Waals surface area contributed by atoms with Gasteiger partial charge in [-0.1, -0.05) is 22.9 Å². The highest BCUT2D eigenvalue weighted by atomic mass is 35.5. The van der Waals surface area contributed by atoms with E-state index < -0.39 is 11.2 Å². The second-order valence-electron chi connectivity index (χ2n) is 4.33. The Kier molecular flexibility index (Phi) is 3.61. The number of alkyl halides is 3. The van der Waals surface area contributed by atoms with Gasteiger partial charge >= 0.3 is 6.18 Å². The van der Waals surface area contributed by atoms with Crippen LogP contribution >= 0.6 is 22.9 Å². The molecule has 0 aliphatic heterocycles. The zero-order valence-corrected chi connectivity index (χ0v) is 12.5. The molecule has 0 aliphatic rings. The van der Waals surface area contributed by atoms with Crippen molar-refractivity contribution in [3.05, 3.63) is 34.3 Å². The van der Waals surface area contributed by atoms with E-state index in [1.54, 1.807) is 13.0 Å². The number of fused-ring (bicyclic) bond motifs is 1. The van der Waals surface area contributed by atoms with Crippen LogP contribution in [0.2, 0.25) is 5.15 Å². The van der Waals surface area contributed by atoms with Gasteiger partial charge in [0.1, 0.15) is 15.7 Å². The summed E-state index contributed by atoms with van der Waals surface area (Å²) < 4.78 is 37.7. The molecular formula is C12H7ClF3N5S. The zero-order chi connectivity index (χ0) is 15.9. The average molecular weight is 346 g/mol. The van der Waals surface area contributed by atoms with E-state index in [-0.39, 0.29) is 10.2 Å². The van der Waals surface area contributed by atoms with Crippen LogP contribution in [0, 0.1) is 6.92 Å². The maximum absolute atomic E-state index is 12.6. The summed E-state index contributed by atoms with van der Waals surface area (Å²) in [6.45, 7) is 1.74. The first kappa shape index (κ1) is 14.9. The van der Waals surface area contributed by atoms with Crippen molar-refractivity contribution in [1.29, 1.82) is 0 Å². The van der Waals surface area contributed by atoms with E-state index >= 15 is 0 Å². The molecule has 3 aromatic rings. The maximum atomic E-state index is 12.6. The number of nitrogens with zero attached hydrogens (tertiary/aromatic N) is 4. The van der Waals surface area contributed by atoms with Crippen LogP contribution in [0.4, 0.5) is 23.9 Å². The van der Waals surface area contributed by atoms with Gasteiger partial charge in [0.05, 0.1) is 18.1 Å². The summed E-state index contributed by atoms with van der Waals surface area (Å²) in [7, 11) is 0. The van der Waals surface area contributed by atoms with Crippen molar-refractivity contribution in [3.63, 3.8) is 0 Å². The average Bonchev–Trinajstić information content (AvgIpc) is 2.86. The highest BCUT2D eigenvalue weighted by Crippen LogP contribution is 2.36. The number of hydrogen-bond donors (Lipinski definition) is 1. The van der Waals surface area contributed by atoms with Crippen LogP contribution in [-0.4, -0.2) is 19.9 Å². The van der Waals surface area contributed by atoms with E-state index in [2.05, 4.69) is 25.3 Å². The number of pyridine rings is 1. The summed E-state index contributed by atoms with van der Waals surface area (Å²) in [5.74, 6) is 0. The van der Waals surface area contributed by atoms with Crippen LogP contribution in [-0.2, 0) is 6.18 Å². The molecule has 0 spiro atoms. The Hall–Kier alpha value is -2.00. The van der Waals surface area contributed by atoms with Gasteiger partial charge in [-0.15, -0.1) is 0 Å². The molecule has 22 heavy (non-hydrogen) atoms. The fraction of sp³-hybridized carbons (Fsp3) is 0.167. The summed E-state index contributed by atoms with van der Waals surface area (Å²) in [4.78, 5) is 15.7. The van der Waals surface area contributed by atoms with E-state index in [4.69, 9.17) is 11.6 Å². The van der Waals surface area contributed by atoms with E-state index in [0.29, 0.717) is 33.9 Å². The van der Waals surface area contributed by atoms with E-state index in [9.17, 15) is 13.2 Å². The third-order valence-corrected chi connectivity index (χ3v) is 3.76. The third kappa shape index (κ3) is 2.95. The second-order valence-corrected chi connectivity index (χ2v) is 5.75. The Morgan fingerprint density at radius 1 is 1.18 bits per heavy atom. The fourth-order valence-corrected chi connectivity index (χ4v) is 2.62. The Morgan fingerprint density at radius 3 is 2.64 bits per heavy atom. The van der Waals surface area contributed by atoms with Gasteiger partial charge < -0.3 is 5.32 Å². The van der Waals surface area contributed by atoms with Crippen molar-refractivity contribution in [2.75, 3.05) is 5.32 Å². The molecule has 5 nitrogen and oxygen atoms in total. The SMILES string of the molecule is Cc1cc(Nc2cnc(C(F)(F)F)s2)c2ncc(Cl)nc2n1. The molecule has 1 N–H and O–H groups in total. The molecule has 0 fully saturated rings. The van der Waals surface area contributed by atoms with Crippen molar-refractivity contribution in [2.45, 2.75) is 13.1 Å². The number of aryl methyl sites for hydroxylation is 1. The molecule has 3 heterocycles. The molecule has 0 radical (unpaired) electrons. The highest BCUT2D eigenvalue weighted by molar-refractivity contribution is 7.15. The number of anilines is 2. The molecule has 10 heteroatoms. The predicted molar refractivity (Wildman–Crippen MR) is 77.5 cm³/mol. The minimum absolute atomic E-state index is 0.189. The van der Waals surface area contributed by atoms with Crippen LogP contribution in [0.3, 0.4) is 0 Å². The summed E-state index contributed by atoms with van der Waals surface area (Å²) in [5.41, 5.74) is 1.85. The summed E-state index contributed by atoms with van der Waals surface area (Å²) in [6, 6.07) is 1.66. The van der Waals surface area contributed by atoms with E-state index in [1.165, 1.54) is 6.20 Å².